The van der Waals surface area contributed by atoms with Crippen LogP contribution in [0.5, 0.6) is 0 Å². The first kappa shape index (κ1) is 31.1. The summed E-state index contributed by atoms with van der Waals surface area (Å²) in [5.74, 6) is -0.368. The molecule has 2 N–H and O–H groups in total. The summed E-state index contributed by atoms with van der Waals surface area (Å²) in [6.45, 7) is 12.1. The maximum atomic E-state index is 10.6. The molecule has 3 fully saturated rings. The molecule has 0 spiro atoms. The molecule has 3 saturated heterocycles. The van der Waals surface area contributed by atoms with E-state index in [4.69, 9.17) is 37.9 Å². The highest BCUT2D eigenvalue weighted by atomic mass is 16.7. The lowest BCUT2D eigenvalue weighted by Gasteiger charge is -2.50. The van der Waals surface area contributed by atoms with Crippen molar-refractivity contribution in [2.24, 2.45) is 17.8 Å². The Morgan fingerprint density at radius 2 is 0.946 bits per heavy atom. The third kappa shape index (κ3) is 6.34. The van der Waals surface area contributed by atoms with E-state index >= 15 is 0 Å². The zero-order valence-corrected chi connectivity index (χ0v) is 23.9. The van der Waals surface area contributed by atoms with Gasteiger partial charge in [-0.25, -0.2) is 0 Å². The molecule has 0 radical (unpaired) electrons. The summed E-state index contributed by atoms with van der Waals surface area (Å²) in [5, 5.41) is 21.0. The van der Waals surface area contributed by atoms with Gasteiger partial charge in [-0.2, -0.15) is 0 Å². The standard InChI is InChI=1S/C27H50O10/c1-10-16-19(28)13(4)23(31-8)26(34-16)37-21-15(6)24(32-9)27(35-18(21)12-3)36-20-14(5)22(30-7)25(29)33-17(20)11-2/h13-29H,10-12H2,1-9H3/t13-,14-,15-,16?,17?,18?,19-,20-,21-,22?,23?,24?,25?,26-,27-/m0/s1. The molecule has 37 heavy (non-hydrogen) atoms. The summed E-state index contributed by atoms with van der Waals surface area (Å²) in [7, 11) is 4.82. The number of aliphatic hydroxyl groups excluding tert-OH is 2. The van der Waals surface area contributed by atoms with Gasteiger partial charge in [0, 0.05) is 39.1 Å². The number of aliphatic hydroxyl groups is 2. The second kappa shape index (κ2) is 13.8. The average molecular weight is 535 g/mol. The lowest BCUT2D eigenvalue weighted by atomic mass is 9.86. The van der Waals surface area contributed by atoms with Gasteiger partial charge in [0.1, 0.15) is 18.3 Å². The Morgan fingerprint density at radius 3 is 1.41 bits per heavy atom. The Kier molecular flexibility index (Phi) is 11.6. The van der Waals surface area contributed by atoms with Crippen molar-refractivity contribution in [3.05, 3.63) is 0 Å². The summed E-state index contributed by atoms with van der Waals surface area (Å²) in [6, 6.07) is 0. The summed E-state index contributed by atoms with van der Waals surface area (Å²) in [6.07, 6.45) is -3.84. The van der Waals surface area contributed by atoms with Crippen LogP contribution >= 0.6 is 0 Å². The fourth-order valence-corrected chi connectivity index (χ4v) is 6.26. The van der Waals surface area contributed by atoms with Crippen LogP contribution in [0.3, 0.4) is 0 Å². The zero-order valence-electron chi connectivity index (χ0n) is 23.9. The van der Waals surface area contributed by atoms with Crippen molar-refractivity contribution in [2.45, 2.75) is 135 Å². The average Bonchev–Trinajstić information content (AvgIpc) is 2.89. The molecule has 0 bridgehead atoms. The highest BCUT2D eigenvalue weighted by molar-refractivity contribution is 4.94. The molecular weight excluding hydrogens is 484 g/mol. The molecule has 0 aromatic carbocycles. The van der Waals surface area contributed by atoms with Crippen molar-refractivity contribution in [1.82, 2.24) is 0 Å². The fourth-order valence-electron chi connectivity index (χ4n) is 6.26. The molecular formula is C27H50O10. The largest absolute Gasteiger partial charge is 0.390 e. The Bertz CT molecular complexity index is 682. The van der Waals surface area contributed by atoms with Crippen LogP contribution < -0.4 is 0 Å². The molecule has 218 valence electrons. The van der Waals surface area contributed by atoms with E-state index < -0.39 is 43.3 Å². The molecule has 15 atom stereocenters. The van der Waals surface area contributed by atoms with Crippen molar-refractivity contribution in [2.75, 3.05) is 21.3 Å². The number of hydrogen-bond acceptors (Lipinski definition) is 10. The van der Waals surface area contributed by atoms with Crippen LogP contribution in [-0.2, 0) is 37.9 Å². The van der Waals surface area contributed by atoms with Gasteiger partial charge in [0.15, 0.2) is 18.9 Å². The molecule has 3 aliphatic rings. The van der Waals surface area contributed by atoms with Gasteiger partial charge < -0.3 is 48.1 Å². The molecule has 0 aliphatic carbocycles. The van der Waals surface area contributed by atoms with Gasteiger partial charge in [0.25, 0.3) is 0 Å². The maximum Gasteiger partial charge on any atom is 0.184 e. The predicted molar refractivity (Wildman–Crippen MR) is 135 cm³/mol. The summed E-state index contributed by atoms with van der Waals surface area (Å²) >= 11 is 0. The zero-order chi connectivity index (χ0) is 27.4. The Labute approximate surface area is 222 Å². The third-order valence-corrected chi connectivity index (χ3v) is 8.60. The quantitative estimate of drug-likeness (QED) is 0.433. The van der Waals surface area contributed by atoms with Crippen LogP contribution in [0, 0.1) is 17.8 Å². The lowest BCUT2D eigenvalue weighted by Crippen LogP contribution is -2.62. The van der Waals surface area contributed by atoms with Crippen LogP contribution in [0.15, 0.2) is 0 Å². The van der Waals surface area contributed by atoms with E-state index in [1.807, 2.05) is 34.6 Å². The van der Waals surface area contributed by atoms with Crippen LogP contribution in [-0.4, -0.2) is 105 Å². The Balaban J connectivity index is 1.79. The molecule has 10 nitrogen and oxygen atoms in total. The predicted octanol–water partition coefficient (Wildman–Crippen LogP) is 2.47. The fraction of sp³-hybridized carbons (Fsp3) is 1.00. The minimum atomic E-state index is -1.01. The van der Waals surface area contributed by atoms with E-state index in [1.54, 1.807) is 21.3 Å². The first-order chi connectivity index (χ1) is 17.7. The van der Waals surface area contributed by atoms with Crippen molar-refractivity contribution >= 4 is 0 Å². The van der Waals surface area contributed by atoms with Crippen molar-refractivity contribution in [1.29, 1.82) is 0 Å². The minimum absolute atomic E-state index is 0.0965. The molecule has 10 heteroatoms. The van der Waals surface area contributed by atoms with Gasteiger partial charge in [-0.05, 0) is 19.3 Å². The minimum Gasteiger partial charge on any atom is -0.390 e. The SMILES string of the molecule is CCC1O[C@@H](O[C@@H]2C(CC)O[C@@H](O[C@@H]3C(CC)OC(O)C(OC)[C@H]3C)C(OC)[C@H]2C)C(OC)[C@@H](C)[C@@H]1O. The maximum absolute atomic E-state index is 10.6. The normalized spacial score (nSPS) is 49.2. The van der Waals surface area contributed by atoms with Crippen molar-refractivity contribution < 1.29 is 48.1 Å². The number of hydrogen-bond donors (Lipinski definition) is 2. The third-order valence-electron chi connectivity index (χ3n) is 8.60. The molecule has 0 aromatic rings. The second-order valence-corrected chi connectivity index (χ2v) is 10.7. The van der Waals surface area contributed by atoms with E-state index in [0.29, 0.717) is 19.3 Å². The highest BCUT2D eigenvalue weighted by Gasteiger charge is 2.52. The van der Waals surface area contributed by atoms with Crippen molar-refractivity contribution in [3.8, 4) is 0 Å². The monoisotopic (exact) mass is 534 g/mol. The number of ether oxygens (including phenoxy) is 8. The first-order valence-electron chi connectivity index (χ1n) is 13.9. The molecule has 3 rings (SSSR count). The van der Waals surface area contributed by atoms with E-state index in [0.717, 1.165) is 0 Å². The van der Waals surface area contributed by atoms with Crippen molar-refractivity contribution in [3.63, 3.8) is 0 Å². The van der Waals surface area contributed by atoms with Gasteiger partial charge in [0.2, 0.25) is 0 Å². The topological polar surface area (TPSA) is 114 Å². The highest BCUT2D eigenvalue weighted by Crippen LogP contribution is 2.39. The van der Waals surface area contributed by atoms with E-state index in [9.17, 15) is 10.2 Å². The lowest BCUT2D eigenvalue weighted by molar-refractivity contribution is -0.366. The number of methoxy groups -OCH3 is 3. The Hall–Kier alpha value is -0.400. The summed E-state index contributed by atoms with van der Waals surface area (Å²) < 4.78 is 48.8. The summed E-state index contributed by atoms with van der Waals surface area (Å²) in [4.78, 5) is 0. The molecule has 3 aliphatic heterocycles. The Morgan fingerprint density at radius 1 is 0.541 bits per heavy atom. The van der Waals surface area contributed by atoms with Gasteiger partial charge in [-0.1, -0.05) is 41.5 Å². The van der Waals surface area contributed by atoms with Crippen LogP contribution in [0.4, 0.5) is 0 Å². The van der Waals surface area contributed by atoms with Crippen LogP contribution in [0.1, 0.15) is 60.8 Å². The molecule has 0 saturated carbocycles. The van der Waals surface area contributed by atoms with E-state index in [1.165, 1.54) is 0 Å². The second-order valence-electron chi connectivity index (χ2n) is 10.7. The molecule has 7 unspecified atom stereocenters. The molecule has 0 amide bonds. The van der Waals surface area contributed by atoms with Gasteiger partial charge in [-0.3, -0.25) is 0 Å². The van der Waals surface area contributed by atoms with Crippen LogP contribution in [0.2, 0.25) is 0 Å². The summed E-state index contributed by atoms with van der Waals surface area (Å²) in [5.41, 5.74) is 0. The van der Waals surface area contributed by atoms with Crippen LogP contribution in [0.25, 0.3) is 0 Å². The number of rotatable bonds is 10. The van der Waals surface area contributed by atoms with Gasteiger partial charge in [0.05, 0.1) is 36.6 Å². The van der Waals surface area contributed by atoms with E-state index in [-0.39, 0.29) is 48.3 Å². The molecule has 3 heterocycles. The van der Waals surface area contributed by atoms with Gasteiger partial charge in [-0.15, -0.1) is 0 Å². The van der Waals surface area contributed by atoms with E-state index in [2.05, 4.69) is 6.92 Å². The molecule has 0 aromatic heterocycles. The van der Waals surface area contributed by atoms with Gasteiger partial charge >= 0.3 is 0 Å². The smallest absolute Gasteiger partial charge is 0.184 e. The first-order valence-corrected chi connectivity index (χ1v) is 13.9.